The Morgan fingerprint density at radius 3 is 2.78 bits per heavy atom. The monoisotopic (exact) mass is 326 g/mol. The largest absolute Gasteiger partial charge is 0.481 e. The SMILES string of the molecule is NC1(CC(O)N[C@H]2CC=C[C@H](CC(=O)O)OB2O)CCCCC1. The summed E-state index contributed by atoms with van der Waals surface area (Å²) in [6.45, 7) is 0. The van der Waals surface area contributed by atoms with Gasteiger partial charge in [0.25, 0.3) is 0 Å². The van der Waals surface area contributed by atoms with Gasteiger partial charge in [-0.15, -0.1) is 0 Å². The average molecular weight is 326 g/mol. The van der Waals surface area contributed by atoms with Crippen LogP contribution in [-0.4, -0.2) is 52.1 Å². The fourth-order valence-corrected chi connectivity index (χ4v) is 3.40. The van der Waals surface area contributed by atoms with Crippen LogP contribution in [0.1, 0.15) is 51.4 Å². The molecule has 7 nitrogen and oxygen atoms in total. The lowest BCUT2D eigenvalue weighted by Crippen LogP contribution is -2.54. The summed E-state index contributed by atoms with van der Waals surface area (Å²) < 4.78 is 5.33. The number of carbonyl (C=O) groups is 1. The number of aliphatic hydroxyl groups is 1. The molecule has 3 atom stereocenters. The molecule has 0 aromatic carbocycles. The Labute approximate surface area is 137 Å². The van der Waals surface area contributed by atoms with Gasteiger partial charge in [0.05, 0.1) is 12.5 Å². The molecule has 1 heterocycles. The number of carboxylic acids is 1. The van der Waals surface area contributed by atoms with E-state index in [1.54, 1.807) is 12.2 Å². The van der Waals surface area contributed by atoms with E-state index in [-0.39, 0.29) is 12.0 Å². The van der Waals surface area contributed by atoms with Gasteiger partial charge in [-0.3, -0.25) is 10.1 Å². The van der Waals surface area contributed by atoms with E-state index >= 15 is 0 Å². The smallest absolute Gasteiger partial charge is 0.473 e. The molecule has 1 aliphatic heterocycles. The summed E-state index contributed by atoms with van der Waals surface area (Å²) in [5.41, 5.74) is 5.98. The summed E-state index contributed by atoms with van der Waals surface area (Å²) in [5, 5.41) is 32.1. The molecule has 130 valence electrons. The first-order chi connectivity index (χ1) is 10.9. The lowest BCUT2D eigenvalue weighted by Gasteiger charge is -2.36. The van der Waals surface area contributed by atoms with Crippen molar-refractivity contribution in [3.63, 3.8) is 0 Å². The molecular weight excluding hydrogens is 299 g/mol. The molecule has 1 aliphatic carbocycles. The highest BCUT2D eigenvalue weighted by molar-refractivity contribution is 6.45. The summed E-state index contributed by atoms with van der Waals surface area (Å²) in [7, 11) is -1.18. The second-order valence-electron chi connectivity index (χ2n) is 6.74. The first-order valence-corrected chi connectivity index (χ1v) is 8.33. The van der Waals surface area contributed by atoms with Gasteiger partial charge in [0.1, 0.15) is 6.23 Å². The van der Waals surface area contributed by atoms with Crippen LogP contribution in [0.5, 0.6) is 0 Å². The van der Waals surface area contributed by atoms with Gasteiger partial charge in [-0.05, 0) is 19.3 Å². The zero-order valence-corrected chi connectivity index (χ0v) is 13.4. The van der Waals surface area contributed by atoms with Crippen LogP contribution in [0.15, 0.2) is 12.2 Å². The van der Waals surface area contributed by atoms with E-state index in [0.717, 1.165) is 25.7 Å². The van der Waals surface area contributed by atoms with E-state index in [4.69, 9.17) is 15.5 Å². The lowest BCUT2D eigenvalue weighted by molar-refractivity contribution is -0.138. The molecular formula is C15H27BN2O5. The Kier molecular flexibility index (Phi) is 6.61. The first kappa shape index (κ1) is 18.4. The Balaban J connectivity index is 1.84. The van der Waals surface area contributed by atoms with Crippen molar-refractivity contribution < 1.29 is 24.7 Å². The molecule has 6 N–H and O–H groups in total. The van der Waals surface area contributed by atoms with Crippen molar-refractivity contribution in [2.75, 3.05) is 0 Å². The van der Waals surface area contributed by atoms with E-state index in [2.05, 4.69) is 5.32 Å². The number of aliphatic carboxylic acids is 1. The van der Waals surface area contributed by atoms with Crippen LogP contribution in [-0.2, 0) is 9.45 Å². The van der Waals surface area contributed by atoms with Crippen molar-refractivity contribution in [3.8, 4) is 0 Å². The van der Waals surface area contributed by atoms with Gasteiger partial charge in [-0.1, -0.05) is 31.4 Å². The fraction of sp³-hybridized carbons (Fsp3) is 0.800. The van der Waals surface area contributed by atoms with Crippen LogP contribution in [0.2, 0.25) is 0 Å². The molecule has 23 heavy (non-hydrogen) atoms. The van der Waals surface area contributed by atoms with Crippen molar-refractivity contribution in [2.24, 2.45) is 5.73 Å². The molecule has 0 radical (unpaired) electrons. The zero-order chi connectivity index (χ0) is 16.9. The van der Waals surface area contributed by atoms with Gasteiger partial charge in [0.2, 0.25) is 0 Å². The highest BCUT2D eigenvalue weighted by atomic mass is 16.5. The molecule has 0 bridgehead atoms. The maximum atomic E-state index is 10.7. The van der Waals surface area contributed by atoms with Gasteiger partial charge in [0, 0.05) is 17.9 Å². The summed E-state index contributed by atoms with van der Waals surface area (Å²) in [6.07, 6.45) is 7.75. The third-order valence-corrected chi connectivity index (χ3v) is 4.63. The van der Waals surface area contributed by atoms with Crippen LogP contribution in [0.3, 0.4) is 0 Å². The minimum absolute atomic E-state index is 0.200. The van der Waals surface area contributed by atoms with Crippen LogP contribution in [0, 0.1) is 0 Å². The van der Waals surface area contributed by atoms with Crippen molar-refractivity contribution in [1.29, 1.82) is 0 Å². The number of nitrogens with two attached hydrogens (primary N) is 1. The maximum Gasteiger partial charge on any atom is 0.473 e. The molecule has 0 aromatic rings. The molecule has 0 saturated heterocycles. The minimum Gasteiger partial charge on any atom is -0.481 e. The second-order valence-corrected chi connectivity index (χ2v) is 6.74. The second kappa shape index (κ2) is 8.26. The van der Waals surface area contributed by atoms with Gasteiger partial charge in [0.15, 0.2) is 0 Å². The molecule has 0 aromatic heterocycles. The summed E-state index contributed by atoms with van der Waals surface area (Å²) in [6, 6.07) is 0. The number of nitrogens with one attached hydrogen (secondary N) is 1. The third kappa shape index (κ3) is 5.89. The highest BCUT2D eigenvalue weighted by Crippen LogP contribution is 2.29. The van der Waals surface area contributed by atoms with Gasteiger partial charge >= 0.3 is 13.1 Å². The molecule has 2 aliphatic rings. The fourth-order valence-electron chi connectivity index (χ4n) is 3.40. The molecule has 0 amide bonds. The Bertz CT molecular complexity index is 428. The lowest BCUT2D eigenvalue weighted by atomic mass is 9.76. The normalized spacial score (nSPS) is 29.1. The zero-order valence-electron chi connectivity index (χ0n) is 13.4. The Morgan fingerprint density at radius 2 is 2.13 bits per heavy atom. The van der Waals surface area contributed by atoms with Crippen molar-refractivity contribution in [1.82, 2.24) is 5.32 Å². The molecule has 1 fully saturated rings. The number of aliphatic hydroxyl groups excluding tert-OH is 1. The highest BCUT2D eigenvalue weighted by Gasteiger charge is 2.35. The first-order valence-electron chi connectivity index (χ1n) is 8.33. The van der Waals surface area contributed by atoms with Crippen molar-refractivity contribution in [3.05, 3.63) is 12.2 Å². The molecule has 2 rings (SSSR count). The van der Waals surface area contributed by atoms with Gasteiger partial charge < -0.3 is 25.6 Å². The molecule has 0 spiro atoms. The van der Waals surface area contributed by atoms with Crippen LogP contribution in [0.25, 0.3) is 0 Å². The van der Waals surface area contributed by atoms with E-state index in [1.165, 1.54) is 6.42 Å². The Morgan fingerprint density at radius 1 is 1.43 bits per heavy atom. The standard InChI is InChI=1S/C15H27BN2O5/c17-15(7-2-1-3-8-15)10-13(19)18-12-6-4-5-11(9-14(20)21)23-16(12)22/h4-5,11-13,18-19,22H,1-3,6-10,17H2,(H,20,21)/t11-,12+,13?/m1/s1. The molecule has 8 heteroatoms. The number of rotatable bonds is 6. The van der Waals surface area contributed by atoms with Crippen molar-refractivity contribution >= 4 is 13.1 Å². The van der Waals surface area contributed by atoms with E-state index in [9.17, 15) is 14.9 Å². The van der Waals surface area contributed by atoms with Gasteiger partial charge in [-0.25, -0.2) is 0 Å². The quantitative estimate of drug-likeness (QED) is 0.267. The predicted molar refractivity (Wildman–Crippen MR) is 86.4 cm³/mol. The third-order valence-electron chi connectivity index (χ3n) is 4.63. The van der Waals surface area contributed by atoms with Gasteiger partial charge in [-0.2, -0.15) is 0 Å². The average Bonchev–Trinajstić information content (AvgIpc) is 2.60. The molecule has 1 saturated carbocycles. The number of hydrogen-bond donors (Lipinski definition) is 5. The van der Waals surface area contributed by atoms with Crippen LogP contribution in [0.4, 0.5) is 0 Å². The topological polar surface area (TPSA) is 125 Å². The summed E-state index contributed by atoms with van der Waals surface area (Å²) in [4.78, 5) is 10.7. The predicted octanol–water partition coefficient (Wildman–Crippen LogP) is 0.154. The van der Waals surface area contributed by atoms with E-state index in [1.807, 2.05) is 0 Å². The maximum absolute atomic E-state index is 10.7. The molecule has 1 unspecified atom stereocenters. The number of carboxylic acid groups (broad SMARTS) is 1. The van der Waals surface area contributed by atoms with E-state index in [0.29, 0.717) is 12.8 Å². The van der Waals surface area contributed by atoms with Crippen LogP contribution >= 0.6 is 0 Å². The van der Waals surface area contributed by atoms with Crippen molar-refractivity contribution in [2.45, 2.75) is 75.2 Å². The van der Waals surface area contributed by atoms with E-state index < -0.39 is 31.4 Å². The summed E-state index contributed by atoms with van der Waals surface area (Å²) >= 11 is 0. The minimum atomic E-state index is -1.18. The van der Waals surface area contributed by atoms with Crippen LogP contribution < -0.4 is 11.1 Å². The number of hydrogen-bond acceptors (Lipinski definition) is 6. The Hall–Kier alpha value is -0.925. The summed E-state index contributed by atoms with van der Waals surface area (Å²) in [5.74, 6) is -1.48.